The van der Waals surface area contributed by atoms with Crippen molar-refractivity contribution in [3.8, 4) is 0 Å². The molecule has 2 aliphatic rings. The van der Waals surface area contributed by atoms with Gasteiger partial charge in [-0.2, -0.15) is 0 Å². The van der Waals surface area contributed by atoms with Crippen molar-refractivity contribution in [2.45, 2.75) is 51.7 Å². The highest BCUT2D eigenvalue weighted by Gasteiger charge is 2.35. The summed E-state index contributed by atoms with van der Waals surface area (Å²) in [7, 11) is 0. The van der Waals surface area contributed by atoms with E-state index in [0.29, 0.717) is 6.04 Å². The van der Waals surface area contributed by atoms with E-state index in [4.69, 9.17) is 4.42 Å². The van der Waals surface area contributed by atoms with Gasteiger partial charge in [0.25, 0.3) is 0 Å². The first-order valence-corrected chi connectivity index (χ1v) is 7.15. The molecule has 0 amide bonds. The van der Waals surface area contributed by atoms with Crippen LogP contribution >= 0.6 is 0 Å². The summed E-state index contributed by atoms with van der Waals surface area (Å²) in [6.07, 6.45) is 5.76. The van der Waals surface area contributed by atoms with E-state index >= 15 is 0 Å². The fraction of sp³-hybridized carbons (Fsp3) is 0.786. The molecular formula is C14H23N3O. The van der Waals surface area contributed by atoms with Crippen LogP contribution in [-0.2, 0) is 6.54 Å². The van der Waals surface area contributed by atoms with Gasteiger partial charge in [0.15, 0.2) is 0 Å². The van der Waals surface area contributed by atoms with Gasteiger partial charge in [0.2, 0.25) is 5.89 Å². The van der Waals surface area contributed by atoms with Gasteiger partial charge in [-0.15, -0.1) is 0 Å². The molecule has 3 heterocycles. The molecule has 2 unspecified atom stereocenters. The molecule has 4 nitrogen and oxygen atoms in total. The summed E-state index contributed by atoms with van der Waals surface area (Å²) >= 11 is 0. The summed E-state index contributed by atoms with van der Waals surface area (Å²) in [6, 6.07) is 1.43. The zero-order valence-electron chi connectivity index (χ0n) is 11.4. The Hall–Kier alpha value is -0.870. The van der Waals surface area contributed by atoms with Crippen molar-refractivity contribution in [2.75, 3.05) is 19.6 Å². The van der Waals surface area contributed by atoms with Crippen molar-refractivity contribution >= 4 is 0 Å². The predicted molar refractivity (Wildman–Crippen MR) is 70.3 cm³/mol. The molecule has 0 bridgehead atoms. The van der Waals surface area contributed by atoms with Crippen molar-refractivity contribution in [2.24, 2.45) is 0 Å². The lowest BCUT2D eigenvalue weighted by molar-refractivity contribution is 0.0380. The predicted octanol–water partition coefficient (Wildman–Crippen LogP) is 2.04. The molecular weight excluding hydrogens is 226 g/mol. The molecule has 1 aromatic heterocycles. The second-order valence-corrected chi connectivity index (χ2v) is 5.65. The van der Waals surface area contributed by atoms with Crippen LogP contribution in [0.5, 0.6) is 0 Å². The largest absolute Gasteiger partial charge is 0.445 e. The van der Waals surface area contributed by atoms with Gasteiger partial charge in [-0.05, 0) is 32.7 Å². The van der Waals surface area contributed by atoms with Crippen LogP contribution in [0.25, 0.3) is 0 Å². The van der Waals surface area contributed by atoms with Crippen LogP contribution in [0.2, 0.25) is 0 Å². The monoisotopic (exact) mass is 249 g/mol. The number of oxazole rings is 1. The number of nitrogens with zero attached hydrogens (tertiary/aromatic N) is 3. The van der Waals surface area contributed by atoms with E-state index in [2.05, 4.69) is 21.7 Å². The molecule has 4 heteroatoms. The minimum absolute atomic E-state index is 0.659. The zero-order valence-corrected chi connectivity index (χ0v) is 11.4. The van der Waals surface area contributed by atoms with Crippen LogP contribution in [0.1, 0.15) is 37.8 Å². The molecule has 2 aliphatic heterocycles. The first kappa shape index (κ1) is 12.2. The molecule has 0 N–H and O–H groups in total. The Bertz CT molecular complexity index is 403. The summed E-state index contributed by atoms with van der Waals surface area (Å²) in [5, 5.41) is 0. The van der Waals surface area contributed by atoms with Crippen LogP contribution in [0, 0.1) is 6.92 Å². The zero-order chi connectivity index (χ0) is 12.5. The molecule has 0 radical (unpaired) electrons. The van der Waals surface area contributed by atoms with E-state index in [1.165, 1.54) is 38.9 Å². The maximum absolute atomic E-state index is 5.62. The van der Waals surface area contributed by atoms with Crippen molar-refractivity contribution in [3.05, 3.63) is 17.8 Å². The Kier molecular flexibility index (Phi) is 3.39. The first-order chi connectivity index (χ1) is 8.76. The Morgan fingerprint density at radius 2 is 2.33 bits per heavy atom. The number of aryl methyl sites for hydroxylation is 1. The average Bonchev–Trinajstić information content (AvgIpc) is 2.97. The van der Waals surface area contributed by atoms with Gasteiger partial charge >= 0.3 is 0 Å². The lowest BCUT2D eigenvalue weighted by atomic mass is 10.1. The molecule has 2 fully saturated rings. The Morgan fingerprint density at radius 3 is 3.06 bits per heavy atom. The lowest BCUT2D eigenvalue weighted by Crippen LogP contribution is -2.55. The molecule has 2 atom stereocenters. The number of rotatable bonds is 3. The molecule has 18 heavy (non-hydrogen) atoms. The van der Waals surface area contributed by atoms with E-state index in [1.807, 2.05) is 13.1 Å². The van der Waals surface area contributed by atoms with E-state index in [1.54, 1.807) is 0 Å². The number of aromatic nitrogens is 1. The summed E-state index contributed by atoms with van der Waals surface area (Å²) < 4.78 is 5.62. The SMILES string of the molecule is CCC1CN2CCCC2CN1Cc1ncc(C)o1. The highest BCUT2D eigenvalue weighted by atomic mass is 16.4. The van der Waals surface area contributed by atoms with E-state index < -0.39 is 0 Å². The number of fused-ring (bicyclic) bond motifs is 1. The highest BCUT2D eigenvalue weighted by Crippen LogP contribution is 2.26. The molecule has 0 aromatic carbocycles. The van der Waals surface area contributed by atoms with Gasteiger partial charge in [-0.1, -0.05) is 6.92 Å². The molecule has 2 saturated heterocycles. The number of hydrogen-bond donors (Lipinski definition) is 0. The molecule has 100 valence electrons. The third-order valence-electron chi connectivity index (χ3n) is 4.38. The molecule has 3 rings (SSSR count). The van der Waals surface area contributed by atoms with Crippen molar-refractivity contribution in [1.29, 1.82) is 0 Å². The highest BCUT2D eigenvalue weighted by molar-refractivity contribution is 4.95. The van der Waals surface area contributed by atoms with Crippen LogP contribution in [-0.4, -0.2) is 46.5 Å². The van der Waals surface area contributed by atoms with Crippen molar-refractivity contribution in [3.63, 3.8) is 0 Å². The first-order valence-electron chi connectivity index (χ1n) is 7.15. The summed E-state index contributed by atoms with van der Waals surface area (Å²) in [4.78, 5) is 9.58. The van der Waals surface area contributed by atoms with Gasteiger partial charge in [0.05, 0.1) is 12.7 Å². The van der Waals surface area contributed by atoms with Crippen LogP contribution in [0.3, 0.4) is 0 Å². The van der Waals surface area contributed by atoms with E-state index in [9.17, 15) is 0 Å². The van der Waals surface area contributed by atoms with Crippen LogP contribution in [0.15, 0.2) is 10.6 Å². The molecule has 0 saturated carbocycles. The average molecular weight is 249 g/mol. The van der Waals surface area contributed by atoms with Gasteiger partial charge in [0, 0.05) is 25.2 Å². The molecule has 1 aromatic rings. The van der Waals surface area contributed by atoms with Crippen LogP contribution < -0.4 is 0 Å². The smallest absolute Gasteiger partial charge is 0.208 e. The summed E-state index contributed by atoms with van der Waals surface area (Å²) in [5.41, 5.74) is 0. The van der Waals surface area contributed by atoms with Crippen LogP contribution in [0.4, 0.5) is 0 Å². The Morgan fingerprint density at radius 1 is 1.44 bits per heavy atom. The van der Waals surface area contributed by atoms with Gasteiger partial charge in [-0.25, -0.2) is 4.98 Å². The van der Waals surface area contributed by atoms with E-state index in [-0.39, 0.29) is 0 Å². The minimum atomic E-state index is 0.659. The maximum atomic E-state index is 5.62. The topological polar surface area (TPSA) is 32.5 Å². The van der Waals surface area contributed by atoms with Crippen molar-refractivity contribution < 1.29 is 4.42 Å². The molecule has 0 aliphatic carbocycles. The molecule has 0 spiro atoms. The summed E-state index contributed by atoms with van der Waals surface area (Å²) in [5.74, 6) is 1.79. The van der Waals surface area contributed by atoms with E-state index in [0.717, 1.165) is 24.2 Å². The fourth-order valence-corrected chi connectivity index (χ4v) is 3.38. The van der Waals surface area contributed by atoms with Gasteiger partial charge in [-0.3, -0.25) is 9.80 Å². The third-order valence-corrected chi connectivity index (χ3v) is 4.38. The Labute approximate surface area is 109 Å². The van der Waals surface area contributed by atoms with Gasteiger partial charge < -0.3 is 4.42 Å². The van der Waals surface area contributed by atoms with Crippen molar-refractivity contribution in [1.82, 2.24) is 14.8 Å². The standard InChI is InChI=1S/C14H23N3O/c1-3-12-8-16-6-4-5-13(16)9-17(12)10-14-15-7-11(2)18-14/h7,12-13H,3-6,8-10H2,1-2H3. The summed E-state index contributed by atoms with van der Waals surface area (Å²) in [6.45, 7) is 8.82. The lowest BCUT2D eigenvalue weighted by Gasteiger charge is -2.43. The maximum Gasteiger partial charge on any atom is 0.208 e. The quantitative estimate of drug-likeness (QED) is 0.820. The van der Waals surface area contributed by atoms with Gasteiger partial charge in [0.1, 0.15) is 5.76 Å². The second-order valence-electron chi connectivity index (χ2n) is 5.65. The second kappa shape index (κ2) is 5.02. The third kappa shape index (κ3) is 2.31. The Balaban J connectivity index is 1.69. The number of piperazine rings is 1. The normalized spacial score (nSPS) is 29.7. The fourth-order valence-electron chi connectivity index (χ4n) is 3.38. The minimum Gasteiger partial charge on any atom is -0.445 e. The number of hydrogen-bond acceptors (Lipinski definition) is 4.